The van der Waals surface area contributed by atoms with E-state index in [1.165, 1.54) is 24.3 Å². The van der Waals surface area contributed by atoms with Gasteiger partial charge < -0.3 is 4.74 Å². The number of hydrogen-bond acceptors (Lipinski definition) is 5. The summed E-state index contributed by atoms with van der Waals surface area (Å²) in [6, 6.07) is 11.9. The molecule has 7 nitrogen and oxygen atoms in total. The van der Waals surface area contributed by atoms with Gasteiger partial charge in [-0.3, -0.25) is 4.57 Å². The Kier molecular flexibility index (Phi) is 6.47. The summed E-state index contributed by atoms with van der Waals surface area (Å²) >= 11 is 0. The molecule has 1 N–H and O–H groups in total. The van der Waals surface area contributed by atoms with Gasteiger partial charge in [0.1, 0.15) is 11.6 Å². The summed E-state index contributed by atoms with van der Waals surface area (Å²) in [6.45, 7) is 10.2. The minimum atomic E-state index is -3.76. The van der Waals surface area contributed by atoms with E-state index in [2.05, 4.69) is 35.7 Å². The van der Waals surface area contributed by atoms with Crippen LogP contribution in [0.1, 0.15) is 52.0 Å². The van der Waals surface area contributed by atoms with Gasteiger partial charge in [-0.2, -0.15) is 0 Å². The molecule has 2 aromatic carbocycles. The fourth-order valence-corrected chi connectivity index (χ4v) is 4.29. The Hall–Kier alpha value is -2.78. The third-order valence-corrected chi connectivity index (χ3v) is 6.39. The van der Waals surface area contributed by atoms with Crippen molar-refractivity contribution in [1.29, 1.82) is 0 Å². The third kappa shape index (κ3) is 5.29. The summed E-state index contributed by atoms with van der Waals surface area (Å²) in [5.41, 5.74) is 0.981. The van der Waals surface area contributed by atoms with Crippen LogP contribution in [-0.4, -0.2) is 23.2 Å². The fraction of sp³-hybridized carbons (Fsp3) is 0.364. The third-order valence-electron chi connectivity index (χ3n) is 4.83. The van der Waals surface area contributed by atoms with Gasteiger partial charge in [-0.05, 0) is 61.2 Å². The molecule has 0 spiro atoms. The molecule has 0 saturated carbocycles. The number of nitrogens with zero attached hydrogens (tertiary/aromatic N) is 3. The predicted molar refractivity (Wildman–Crippen MR) is 116 cm³/mol. The molecule has 0 fully saturated rings. The van der Waals surface area contributed by atoms with Gasteiger partial charge in [0.05, 0.1) is 10.9 Å². The van der Waals surface area contributed by atoms with Gasteiger partial charge in [0, 0.05) is 6.54 Å². The molecule has 0 aliphatic rings. The topological polar surface area (TPSA) is 86.1 Å². The second kappa shape index (κ2) is 8.76. The van der Waals surface area contributed by atoms with Crippen LogP contribution in [0.25, 0.3) is 0 Å². The maximum Gasteiger partial charge on any atom is 0.322 e. The van der Waals surface area contributed by atoms with Crippen LogP contribution in [0.4, 0.5) is 4.39 Å². The molecule has 0 aliphatic heterocycles. The van der Waals surface area contributed by atoms with Crippen molar-refractivity contribution in [3.8, 4) is 11.8 Å². The fourth-order valence-electron chi connectivity index (χ4n) is 3.09. The van der Waals surface area contributed by atoms with Crippen LogP contribution in [0.3, 0.4) is 0 Å². The number of halogens is 1. The monoisotopic (exact) mass is 446 g/mol. The summed E-state index contributed by atoms with van der Waals surface area (Å²) in [4.78, 5) is 0.178. The van der Waals surface area contributed by atoms with E-state index in [9.17, 15) is 12.8 Å². The first-order chi connectivity index (χ1) is 14.5. The molecular formula is C22H27FN4O3S. The maximum absolute atomic E-state index is 13.1. The molecule has 1 aromatic heterocycles. The van der Waals surface area contributed by atoms with E-state index >= 15 is 0 Å². The van der Waals surface area contributed by atoms with Crippen LogP contribution in [0.15, 0.2) is 53.4 Å². The highest BCUT2D eigenvalue weighted by atomic mass is 32.2. The van der Waals surface area contributed by atoms with E-state index < -0.39 is 16.1 Å². The minimum absolute atomic E-state index is 0.0680. The van der Waals surface area contributed by atoms with Gasteiger partial charge in [-0.1, -0.05) is 38.0 Å². The Morgan fingerprint density at radius 2 is 1.68 bits per heavy atom. The predicted octanol–water partition coefficient (Wildman–Crippen LogP) is 4.57. The lowest BCUT2D eigenvalue weighted by Gasteiger charge is -2.19. The number of benzene rings is 2. The van der Waals surface area contributed by atoms with Crippen LogP contribution >= 0.6 is 0 Å². The van der Waals surface area contributed by atoms with Crippen molar-refractivity contribution in [2.24, 2.45) is 0 Å². The molecule has 0 bridgehead atoms. The van der Waals surface area contributed by atoms with Crippen LogP contribution in [0, 0.1) is 5.82 Å². The second-order valence-corrected chi connectivity index (χ2v) is 9.97. The highest BCUT2D eigenvalue weighted by Gasteiger charge is 2.24. The molecule has 9 heteroatoms. The molecular weight excluding hydrogens is 419 g/mol. The van der Waals surface area contributed by atoms with Crippen molar-refractivity contribution in [1.82, 2.24) is 19.5 Å². The zero-order valence-corrected chi connectivity index (χ0v) is 19.1. The summed E-state index contributed by atoms with van der Waals surface area (Å²) in [7, 11) is -3.76. The van der Waals surface area contributed by atoms with Crippen LogP contribution < -0.4 is 9.46 Å². The average Bonchev–Trinajstić information content (AvgIpc) is 3.11. The number of sulfonamides is 1. The molecule has 166 valence electrons. The number of nitrogens with one attached hydrogen (secondary N) is 1. The first-order valence-electron chi connectivity index (χ1n) is 10.0. The van der Waals surface area contributed by atoms with Gasteiger partial charge in [0.25, 0.3) is 0 Å². The van der Waals surface area contributed by atoms with Crippen molar-refractivity contribution in [3.63, 3.8) is 0 Å². The minimum Gasteiger partial charge on any atom is -0.424 e. The average molecular weight is 447 g/mol. The lowest BCUT2D eigenvalue weighted by atomic mass is 9.87. The highest BCUT2D eigenvalue weighted by Crippen LogP contribution is 2.26. The van der Waals surface area contributed by atoms with Gasteiger partial charge in [-0.15, -0.1) is 5.10 Å². The Labute approximate surface area is 182 Å². The molecule has 1 heterocycles. The summed E-state index contributed by atoms with van der Waals surface area (Å²) in [6.07, 6.45) is 0. The van der Waals surface area contributed by atoms with E-state index in [0.29, 0.717) is 18.1 Å². The van der Waals surface area contributed by atoms with E-state index in [1.807, 2.05) is 19.1 Å². The second-order valence-electron chi connectivity index (χ2n) is 8.26. The Morgan fingerprint density at radius 3 is 2.23 bits per heavy atom. The SMILES string of the molecule is CCn1c(Oc2ccc(F)cc2)nnc1[C@@H](C)NS(=O)(=O)c1ccc(C(C)(C)C)cc1. The van der Waals surface area contributed by atoms with Gasteiger partial charge in [0.2, 0.25) is 10.0 Å². The molecule has 0 radical (unpaired) electrons. The van der Waals surface area contributed by atoms with Crippen LogP contribution in [-0.2, 0) is 22.0 Å². The van der Waals surface area contributed by atoms with Crippen LogP contribution in [0.2, 0.25) is 0 Å². The summed E-state index contributed by atoms with van der Waals surface area (Å²) < 4.78 is 48.9. The van der Waals surface area contributed by atoms with Crippen molar-refractivity contribution < 1.29 is 17.5 Å². The van der Waals surface area contributed by atoms with Crippen molar-refractivity contribution in [2.45, 2.75) is 57.5 Å². The number of rotatable bonds is 7. The zero-order valence-electron chi connectivity index (χ0n) is 18.3. The molecule has 3 rings (SSSR count). The largest absolute Gasteiger partial charge is 0.424 e. The maximum atomic E-state index is 13.1. The zero-order chi connectivity index (χ0) is 22.8. The smallest absolute Gasteiger partial charge is 0.322 e. The van der Waals surface area contributed by atoms with E-state index in [0.717, 1.165) is 5.56 Å². The summed E-state index contributed by atoms with van der Waals surface area (Å²) in [5, 5.41) is 8.14. The molecule has 3 aromatic rings. The van der Waals surface area contributed by atoms with Crippen molar-refractivity contribution in [2.75, 3.05) is 0 Å². The molecule has 0 unspecified atom stereocenters. The normalized spacial score (nSPS) is 13.2. The standard InChI is InChI=1S/C22H27FN4O3S/c1-6-27-20(24-25-21(27)30-18-11-9-17(23)10-12-18)15(2)26-31(28,29)19-13-7-16(8-14-19)22(3,4)5/h7-15,26H,6H2,1-5H3/t15-/m1/s1. The Balaban J connectivity index is 1.80. The van der Waals surface area contributed by atoms with Crippen molar-refractivity contribution in [3.05, 3.63) is 65.7 Å². The first kappa shape index (κ1) is 22.9. The Morgan fingerprint density at radius 1 is 1.06 bits per heavy atom. The number of hydrogen-bond donors (Lipinski definition) is 1. The van der Waals surface area contributed by atoms with Gasteiger partial charge in [-0.25, -0.2) is 17.5 Å². The van der Waals surface area contributed by atoms with Gasteiger partial charge >= 0.3 is 6.01 Å². The summed E-state index contributed by atoms with van der Waals surface area (Å²) in [5.74, 6) is 0.445. The number of aromatic nitrogens is 3. The lowest BCUT2D eigenvalue weighted by Crippen LogP contribution is -2.29. The van der Waals surface area contributed by atoms with Gasteiger partial charge in [0.15, 0.2) is 5.82 Å². The molecule has 0 aliphatic carbocycles. The first-order valence-corrected chi connectivity index (χ1v) is 11.5. The molecule has 0 amide bonds. The Bertz CT molecular complexity index is 1130. The van der Waals surface area contributed by atoms with Crippen molar-refractivity contribution >= 4 is 10.0 Å². The molecule has 0 saturated heterocycles. The highest BCUT2D eigenvalue weighted by molar-refractivity contribution is 7.89. The number of ether oxygens (including phenoxy) is 1. The molecule has 31 heavy (non-hydrogen) atoms. The van der Waals surface area contributed by atoms with Crippen LogP contribution in [0.5, 0.6) is 11.8 Å². The van der Waals surface area contributed by atoms with E-state index in [1.54, 1.807) is 23.6 Å². The lowest BCUT2D eigenvalue weighted by molar-refractivity contribution is 0.407. The molecule has 1 atom stereocenters. The van der Waals surface area contributed by atoms with E-state index in [4.69, 9.17) is 4.74 Å². The van der Waals surface area contributed by atoms with E-state index in [-0.39, 0.29) is 22.1 Å². The quantitative estimate of drug-likeness (QED) is 0.575.